The van der Waals surface area contributed by atoms with Crippen LogP contribution in [-0.4, -0.2) is 15.0 Å². The predicted octanol–water partition coefficient (Wildman–Crippen LogP) is 14.6. The van der Waals surface area contributed by atoms with Gasteiger partial charge in [-0.25, -0.2) is 15.0 Å². The topological polar surface area (TPSA) is 38.7 Å². The van der Waals surface area contributed by atoms with Crippen LogP contribution in [0.5, 0.6) is 0 Å². The molecule has 11 aromatic rings. The molecule has 0 saturated heterocycles. The van der Waals surface area contributed by atoms with E-state index >= 15 is 0 Å². The Bertz CT molecular complexity index is 3240. The van der Waals surface area contributed by atoms with Crippen LogP contribution in [0.25, 0.3) is 108 Å². The van der Waals surface area contributed by atoms with E-state index in [4.69, 9.17) is 15.0 Å². The van der Waals surface area contributed by atoms with Crippen LogP contribution in [0.2, 0.25) is 0 Å². The molecule has 0 fully saturated rings. The normalized spacial score (nSPS) is 11.6. The van der Waals surface area contributed by atoms with Crippen molar-refractivity contribution in [2.24, 2.45) is 0 Å². The minimum atomic E-state index is 0.645. The molecule has 3 nitrogen and oxygen atoms in total. The molecule has 262 valence electrons. The first kappa shape index (κ1) is 32.6. The minimum Gasteiger partial charge on any atom is -0.208 e. The zero-order valence-electron chi connectivity index (χ0n) is 30.1. The summed E-state index contributed by atoms with van der Waals surface area (Å²) in [5, 5.41) is 5.08. The molecule has 0 spiro atoms. The van der Waals surface area contributed by atoms with Crippen molar-refractivity contribution < 1.29 is 0 Å². The van der Waals surface area contributed by atoms with Crippen LogP contribution < -0.4 is 0 Å². The fourth-order valence-electron chi connectivity index (χ4n) is 7.73. The van der Waals surface area contributed by atoms with Crippen molar-refractivity contribution in [3.63, 3.8) is 0 Å². The van der Waals surface area contributed by atoms with E-state index in [-0.39, 0.29) is 0 Å². The summed E-state index contributed by atoms with van der Waals surface area (Å²) in [5.41, 5.74) is 9.97. The smallest absolute Gasteiger partial charge is 0.164 e. The van der Waals surface area contributed by atoms with Gasteiger partial charge in [0.1, 0.15) is 0 Å². The number of rotatable bonds is 6. The highest BCUT2D eigenvalue weighted by Crippen LogP contribution is 2.42. The van der Waals surface area contributed by atoms with Gasteiger partial charge in [-0.3, -0.25) is 0 Å². The fraction of sp³-hybridized carbons (Fsp3) is 0. The lowest BCUT2D eigenvalue weighted by atomic mass is 9.99. The molecule has 0 unspecified atom stereocenters. The zero-order chi connectivity index (χ0) is 37.0. The van der Waals surface area contributed by atoms with Gasteiger partial charge in [-0.2, -0.15) is 0 Å². The van der Waals surface area contributed by atoms with E-state index in [0.29, 0.717) is 17.5 Å². The number of hydrogen-bond acceptors (Lipinski definition) is 5. The number of aromatic nitrogens is 3. The van der Waals surface area contributed by atoms with Crippen LogP contribution in [0.4, 0.5) is 0 Å². The van der Waals surface area contributed by atoms with Gasteiger partial charge in [-0.15, -0.1) is 22.7 Å². The van der Waals surface area contributed by atoms with E-state index in [1.165, 1.54) is 62.6 Å². The van der Waals surface area contributed by atoms with Crippen molar-refractivity contribution in [2.75, 3.05) is 0 Å². The van der Waals surface area contributed by atoms with Gasteiger partial charge in [-0.05, 0) is 63.7 Å². The van der Waals surface area contributed by atoms with Crippen molar-refractivity contribution >= 4 is 63.0 Å². The van der Waals surface area contributed by atoms with Gasteiger partial charge in [0.2, 0.25) is 0 Å². The molecular formula is C51H31N3S2. The summed E-state index contributed by atoms with van der Waals surface area (Å²) < 4.78 is 5.05. The summed E-state index contributed by atoms with van der Waals surface area (Å²) in [7, 11) is 0. The first-order valence-corrected chi connectivity index (χ1v) is 20.3. The molecule has 0 aliphatic carbocycles. The van der Waals surface area contributed by atoms with E-state index in [1.807, 2.05) is 17.4 Å². The Morgan fingerprint density at radius 2 is 0.786 bits per heavy atom. The quantitative estimate of drug-likeness (QED) is 0.170. The van der Waals surface area contributed by atoms with Crippen LogP contribution in [0.15, 0.2) is 188 Å². The molecule has 0 radical (unpaired) electrons. The third-order valence-corrected chi connectivity index (χ3v) is 12.9. The fourth-order valence-corrected chi connectivity index (χ4v) is 10.1. The molecule has 0 aliphatic heterocycles. The first-order chi connectivity index (χ1) is 27.7. The van der Waals surface area contributed by atoms with Gasteiger partial charge in [0.05, 0.1) is 0 Å². The maximum atomic E-state index is 5.18. The summed E-state index contributed by atoms with van der Waals surface area (Å²) in [6, 6.07) is 66.9. The largest absolute Gasteiger partial charge is 0.208 e. The lowest BCUT2D eigenvalue weighted by Gasteiger charge is -2.11. The highest BCUT2D eigenvalue weighted by molar-refractivity contribution is 7.26. The van der Waals surface area contributed by atoms with Crippen molar-refractivity contribution in [3.05, 3.63) is 188 Å². The van der Waals surface area contributed by atoms with Crippen molar-refractivity contribution in [3.8, 4) is 67.5 Å². The second-order valence-electron chi connectivity index (χ2n) is 14.0. The molecule has 0 saturated carbocycles. The zero-order valence-corrected chi connectivity index (χ0v) is 31.7. The second-order valence-corrected chi connectivity index (χ2v) is 16.1. The molecule has 0 bridgehead atoms. The molecule has 0 N–H and O–H groups in total. The van der Waals surface area contributed by atoms with Crippen LogP contribution in [-0.2, 0) is 0 Å². The van der Waals surface area contributed by atoms with E-state index in [0.717, 1.165) is 27.8 Å². The highest BCUT2D eigenvalue weighted by atomic mass is 32.1. The van der Waals surface area contributed by atoms with Crippen LogP contribution in [0.1, 0.15) is 0 Å². The number of nitrogens with zero attached hydrogens (tertiary/aromatic N) is 3. The molecule has 5 heteroatoms. The average Bonchev–Trinajstić information content (AvgIpc) is 3.85. The third-order valence-electron chi connectivity index (χ3n) is 10.6. The summed E-state index contributed by atoms with van der Waals surface area (Å²) in [5.74, 6) is 1.95. The molecule has 0 amide bonds. The Hall–Kier alpha value is -6.79. The van der Waals surface area contributed by atoms with Gasteiger partial charge >= 0.3 is 0 Å². The highest BCUT2D eigenvalue weighted by Gasteiger charge is 2.17. The molecule has 3 heterocycles. The molecular weight excluding hydrogens is 719 g/mol. The third kappa shape index (κ3) is 5.77. The SMILES string of the molecule is c1ccc(-c2ccc(-c3nc(-c4cccc(-c5cccc6c5sc5ccc(-c7ccccc7)cc56)c4)nc(-c4ccc5c(c4)sc4ccccc45)n3)cc2)cc1. The lowest BCUT2D eigenvalue weighted by molar-refractivity contribution is 1.07. The van der Waals surface area contributed by atoms with Gasteiger partial charge < -0.3 is 0 Å². The monoisotopic (exact) mass is 749 g/mol. The van der Waals surface area contributed by atoms with Crippen LogP contribution in [0, 0.1) is 0 Å². The molecule has 11 rings (SSSR count). The van der Waals surface area contributed by atoms with E-state index < -0.39 is 0 Å². The summed E-state index contributed by atoms with van der Waals surface area (Å²) >= 11 is 3.65. The molecule has 3 aromatic heterocycles. The van der Waals surface area contributed by atoms with E-state index in [2.05, 4.69) is 182 Å². The Labute approximate surface area is 331 Å². The molecule has 8 aromatic carbocycles. The Morgan fingerprint density at radius 1 is 0.268 bits per heavy atom. The summed E-state index contributed by atoms with van der Waals surface area (Å²) in [4.78, 5) is 15.5. The number of hydrogen-bond donors (Lipinski definition) is 0. The molecule has 0 atom stereocenters. The van der Waals surface area contributed by atoms with Crippen LogP contribution >= 0.6 is 22.7 Å². The Balaban J connectivity index is 1.04. The van der Waals surface area contributed by atoms with Gasteiger partial charge in [0.25, 0.3) is 0 Å². The molecule has 0 aliphatic rings. The minimum absolute atomic E-state index is 0.645. The lowest BCUT2D eigenvalue weighted by Crippen LogP contribution is -2.00. The number of benzene rings is 8. The number of thiophene rings is 2. The molecule has 56 heavy (non-hydrogen) atoms. The van der Waals surface area contributed by atoms with Crippen molar-refractivity contribution in [1.29, 1.82) is 0 Å². The maximum Gasteiger partial charge on any atom is 0.164 e. The standard InChI is InChI=1S/C51H31N3S2/c1-3-11-32(12-4-1)34-21-23-35(24-22-34)49-52-50(54-51(53-49)39-25-27-42-41-17-7-8-20-45(41)55-47(42)31-39)38-16-9-15-37(29-38)40-18-10-19-43-44-30-36(33-13-5-2-6-14-33)26-28-46(44)56-48(40)43/h1-31H. The Kier molecular flexibility index (Phi) is 7.87. The number of fused-ring (bicyclic) bond motifs is 6. The first-order valence-electron chi connectivity index (χ1n) is 18.7. The summed E-state index contributed by atoms with van der Waals surface area (Å²) in [6.45, 7) is 0. The Morgan fingerprint density at radius 3 is 1.57 bits per heavy atom. The van der Waals surface area contributed by atoms with E-state index in [1.54, 1.807) is 11.3 Å². The van der Waals surface area contributed by atoms with Crippen LogP contribution in [0.3, 0.4) is 0 Å². The summed E-state index contributed by atoms with van der Waals surface area (Å²) in [6.07, 6.45) is 0. The van der Waals surface area contributed by atoms with Gasteiger partial charge in [0.15, 0.2) is 17.5 Å². The van der Waals surface area contributed by atoms with E-state index in [9.17, 15) is 0 Å². The van der Waals surface area contributed by atoms with Crippen molar-refractivity contribution in [2.45, 2.75) is 0 Å². The second kappa shape index (κ2) is 13.5. The van der Waals surface area contributed by atoms with Crippen molar-refractivity contribution in [1.82, 2.24) is 15.0 Å². The van der Waals surface area contributed by atoms with Gasteiger partial charge in [-0.1, -0.05) is 158 Å². The van der Waals surface area contributed by atoms with Gasteiger partial charge in [0, 0.05) is 57.0 Å². The predicted molar refractivity (Wildman–Crippen MR) is 238 cm³/mol. The maximum absolute atomic E-state index is 5.18. The average molecular weight is 750 g/mol.